The Morgan fingerprint density at radius 2 is 1.92 bits per heavy atom. The molecule has 12 heteroatoms. The Bertz CT molecular complexity index is 1440. The van der Waals surface area contributed by atoms with E-state index in [1.807, 2.05) is 13.0 Å². The average Bonchev–Trinajstić information content (AvgIpc) is 3.63. The molecule has 202 valence electrons. The number of anilines is 1. The number of hydrogen-bond acceptors (Lipinski definition) is 6. The van der Waals surface area contributed by atoms with E-state index < -0.39 is 10.0 Å². The van der Waals surface area contributed by atoms with Gasteiger partial charge in [-0.15, -0.1) is 11.3 Å². The molecule has 1 aliphatic carbocycles. The predicted molar refractivity (Wildman–Crippen MR) is 149 cm³/mol. The molecule has 9 nitrogen and oxygen atoms in total. The lowest BCUT2D eigenvalue weighted by Crippen LogP contribution is -2.49. The van der Waals surface area contributed by atoms with E-state index in [4.69, 9.17) is 11.6 Å². The standard InChI is InChI=1S/C26H30ClN5O4S2/c1-17-29-23-13-21(8-11-24(23)37-17)32(38(35,36)22-9-4-19(27)5-10-22)16-25(33)31-12-2-3-18(15-31)14-28-26(34)30-20-6-7-20/h4-5,8-11,13,18,20H,2-3,6-7,12,14-16H2,1H3,(H2,28,30,34). The molecule has 2 fully saturated rings. The smallest absolute Gasteiger partial charge is 0.315 e. The van der Waals surface area contributed by atoms with Crippen LogP contribution in [0.4, 0.5) is 10.5 Å². The van der Waals surface area contributed by atoms with E-state index in [-0.39, 0.29) is 35.3 Å². The van der Waals surface area contributed by atoms with Gasteiger partial charge in [-0.3, -0.25) is 9.10 Å². The molecule has 2 aliphatic rings. The number of rotatable bonds is 8. The Morgan fingerprint density at radius 3 is 2.66 bits per heavy atom. The molecule has 2 N–H and O–H groups in total. The van der Waals surface area contributed by atoms with Crippen LogP contribution in [0, 0.1) is 12.8 Å². The number of nitrogens with zero attached hydrogens (tertiary/aromatic N) is 3. The minimum atomic E-state index is -4.07. The number of thiazole rings is 1. The molecule has 1 atom stereocenters. The van der Waals surface area contributed by atoms with Gasteiger partial charge in [-0.1, -0.05) is 11.6 Å². The van der Waals surface area contributed by atoms with Crippen molar-refractivity contribution in [1.82, 2.24) is 20.5 Å². The molecule has 2 heterocycles. The monoisotopic (exact) mass is 575 g/mol. The lowest BCUT2D eigenvalue weighted by atomic mass is 9.98. The number of benzene rings is 2. The second-order valence-corrected chi connectivity index (χ2v) is 13.4. The molecule has 0 radical (unpaired) electrons. The van der Waals surface area contributed by atoms with Crippen molar-refractivity contribution < 1.29 is 18.0 Å². The van der Waals surface area contributed by atoms with Crippen LogP contribution < -0.4 is 14.9 Å². The van der Waals surface area contributed by atoms with E-state index >= 15 is 0 Å². The summed E-state index contributed by atoms with van der Waals surface area (Å²) in [5, 5.41) is 7.11. The van der Waals surface area contributed by atoms with Crippen LogP contribution in [0.15, 0.2) is 47.4 Å². The second-order valence-electron chi connectivity index (χ2n) is 9.83. The molecule has 38 heavy (non-hydrogen) atoms. The summed E-state index contributed by atoms with van der Waals surface area (Å²) in [4.78, 5) is 31.8. The van der Waals surface area contributed by atoms with Gasteiger partial charge in [0.15, 0.2) is 0 Å². The largest absolute Gasteiger partial charge is 0.341 e. The maximum atomic E-state index is 13.8. The van der Waals surface area contributed by atoms with Crippen LogP contribution >= 0.6 is 22.9 Å². The third-order valence-corrected chi connectivity index (χ3v) is 9.77. The van der Waals surface area contributed by atoms with Gasteiger partial charge >= 0.3 is 6.03 Å². The van der Waals surface area contributed by atoms with Gasteiger partial charge in [0.05, 0.1) is 25.8 Å². The Kier molecular flexibility index (Phi) is 7.78. The number of carbonyl (C=O) groups is 2. The van der Waals surface area contributed by atoms with Gasteiger partial charge in [0.25, 0.3) is 10.0 Å². The van der Waals surface area contributed by atoms with Gasteiger partial charge in [0.1, 0.15) is 6.54 Å². The first-order valence-electron chi connectivity index (χ1n) is 12.7. The molecule has 2 aromatic carbocycles. The van der Waals surface area contributed by atoms with Crippen LogP contribution in [0.25, 0.3) is 10.2 Å². The number of nitrogens with one attached hydrogen (secondary N) is 2. The highest BCUT2D eigenvalue weighted by molar-refractivity contribution is 7.92. The van der Waals surface area contributed by atoms with E-state index in [0.29, 0.717) is 35.9 Å². The summed E-state index contributed by atoms with van der Waals surface area (Å²) in [6.45, 7) is 3.02. The van der Waals surface area contributed by atoms with Crippen molar-refractivity contribution in [3.8, 4) is 0 Å². The van der Waals surface area contributed by atoms with Crippen LogP contribution in [0.1, 0.15) is 30.7 Å². The van der Waals surface area contributed by atoms with Crippen LogP contribution in [-0.4, -0.2) is 62.5 Å². The fourth-order valence-electron chi connectivity index (χ4n) is 4.62. The Balaban J connectivity index is 1.35. The number of likely N-dealkylation sites (tertiary alicyclic amines) is 1. The molecule has 5 rings (SSSR count). The molecule has 0 spiro atoms. The van der Waals surface area contributed by atoms with Gasteiger partial charge in [-0.05, 0) is 81.0 Å². The summed E-state index contributed by atoms with van der Waals surface area (Å²) in [5.74, 6) is -0.183. The van der Waals surface area contributed by atoms with E-state index in [9.17, 15) is 18.0 Å². The zero-order chi connectivity index (χ0) is 26.9. The summed E-state index contributed by atoms with van der Waals surface area (Å²) in [7, 11) is -4.07. The van der Waals surface area contributed by atoms with Gasteiger partial charge in [0.2, 0.25) is 5.91 Å². The van der Waals surface area contributed by atoms with Crippen LogP contribution in [0.5, 0.6) is 0 Å². The normalized spacial score (nSPS) is 17.8. The fraction of sp³-hybridized carbons (Fsp3) is 0.423. The summed E-state index contributed by atoms with van der Waals surface area (Å²) in [6.07, 6.45) is 3.71. The lowest BCUT2D eigenvalue weighted by Gasteiger charge is -2.34. The van der Waals surface area contributed by atoms with Gasteiger partial charge < -0.3 is 15.5 Å². The van der Waals surface area contributed by atoms with Crippen molar-refractivity contribution in [3.63, 3.8) is 0 Å². The number of amides is 3. The second kappa shape index (κ2) is 11.1. The first-order valence-corrected chi connectivity index (χ1v) is 15.3. The van der Waals surface area contributed by atoms with Crippen molar-refractivity contribution in [2.75, 3.05) is 30.5 Å². The summed E-state index contributed by atoms with van der Waals surface area (Å²) < 4.78 is 29.7. The molecule has 1 saturated heterocycles. The van der Waals surface area contributed by atoms with Crippen molar-refractivity contribution in [3.05, 3.63) is 52.5 Å². The van der Waals surface area contributed by atoms with E-state index in [1.165, 1.54) is 35.6 Å². The van der Waals surface area contributed by atoms with Gasteiger partial charge in [-0.2, -0.15) is 0 Å². The molecular formula is C26H30ClN5O4S2. The quantitative estimate of drug-likeness (QED) is 0.419. The Morgan fingerprint density at radius 1 is 1.16 bits per heavy atom. The SMILES string of the molecule is Cc1nc2cc(N(CC(=O)N3CCCC(CNC(=O)NC4CC4)C3)S(=O)(=O)c3ccc(Cl)cc3)ccc2s1. The first kappa shape index (κ1) is 26.7. The number of hydrogen-bond donors (Lipinski definition) is 2. The molecule has 3 aromatic rings. The van der Waals surface area contributed by atoms with Gasteiger partial charge in [-0.25, -0.2) is 18.2 Å². The fourth-order valence-corrected chi connectivity index (χ4v) is 6.96. The minimum absolute atomic E-state index is 0.0478. The summed E-state index contributed by atoms with van der Waals surface area (Å²) in [5.41, 5.74) is 1.06. The predicted octanol–water partition coefficient (Wildman–Crippen LogP) is 4.15. The molecule has 1 aromatic heterocycles. The molecule has 1 saturated carbocycles. The van der Waals surface area contributed by atoms with E-state index in [2.05, 4.69) is 15.6 Å². The highest BCUT2D eigenvalue weighted by atomic mass is 35.5. The Hall–Kier alpha value is -2.89. The lowest BCUT2D eigenvalue weighted by molar-refractivity contribution is -0.131. The molecule has 1 unspecified atom stereocenters. The highest BCUT2D eigenvalue weighted by Crippen LogP contribution is 2.30. The van der Waals surface area contributed by atoms with Gasteiger partial charge in [0, 0.05) is 30.7 Å². The number of halogens is 1. The zero-order valence-corrected chi connectivity index (χ0v) is 23.4. The summed E-state index contributed by atoms with van der Waals surface area (Å²) >= 11 is 7.52. The number of aryl methyl sites for hydroxylation is 1. The van der Waals surface area contributed by atoms with E-state index in [0.717, 1.165) is 39.7 Å². The van der Waals surface area contributed by atoms with Crippen molar-refractivity contribution in [2.45, 2.75) is 43.5 Å². The maximum absolute atomic E-state index is 13.8. The number of aromatic nitrogens is 1. The van der Waals surface area contributed by atoms with Crippen molar-refractivity contribution in [2.24, 2.45) is 5.92 Å². The maximum Gasteiger partial charge on any atom is 0.315 e. The van der Waals surface area contributed by atoms with Crippen molar-refractivity contribution >= 4 is 60.8 Å². The third kappa shape index (κ3) is 6.22. The minimum Gasteiger partial charge on any atom is -0.341 e. The zero-order valence-electron chi connectivity index (χ0n) is 21.0. The molecule has 3 amide bonds. The number of piperidine rings is 1. The number of fused-ring (bicyclic) bond motifs is 1. The van der Waals surface area contributed by atoms with E-state index in [1.54, 1.807) is 17.0 Å². The van der Waals surface area contributed by atoms with Crippen LogP contribution in [-0.2, 0) is 14.8 Å². The van der Waals surface area contributed by atoms with Crippen molar-refractivity contribution in [1.29, 1.82) is 0 Å². The highest BCUT2D eigenvalue weighted by Gasteiger charge is 2.32. The number of sulfonamides is 1. The van der Waals surface area contributed by atoms with Crippen LogP contribution in [0.3, 0.4) is 0 Å². The summed E-state index contributed by atoms with van der Waals surface area (Å²) in [6, 6.07) is 11.3. The molecule has 0 bridgehead atoms. The average molecular weight is 576 g/mol. The molecule has 1 aliphatic heterocycles. The first-order chi connectivity index (χ1) is 18.2. The topological polar surface area (TPSA) is 112 Å². The Labute approximate surface area is 231 Å². The number of carbonyl (C=O) groups excluding carboxylic acids is 2. The molecular weight excluding hydrogens is 546 g/mol. The third-order valence-electron chi connectivity index (χ3n) is 6.78. The number of urea groups is 1. The van der Waals surface area contributed by atoms with Crippen LogP contribution in [0.2, 0.25) is 5.02 Å².